The van der Waals surface area contributed by atoms with Gasteiger partial charge in [0, 0.05) is 18.0 Å². The first-order valence-corrected chi connectivity index (χ1v) is 7.25. The van der Waals surface area contributed by atoms with Crippen LogP contribution in [0.5, 0.6) is 0 Å². The second kappa shape index (κ2) is 7.78. The number of halogens is 3. The number of ether oxygens (including phenoxy) is 1. The molecule has 25 heavy (non-hydrogen) atoms. The number of hydrogen-bond acceptors (Lipinski definition) is 5. The number of benzene rings is 1. The Morgan fingerprint density at radius 3 is 2.32 bits per heavy atom. The van der Waals surface area contributed by atoms with Gasteiger partial charge in [-0.3, -0.25) is 14.6 Å². The second-order valence-electron chi connectivity index (χ2n) is 5.14. The largest absolute Gasteiger partial charge is 0.468 e. The zero-order valence-corrected chi connectivity index (χ0v) is 13.2. The van der Waals surface area contributed by atoms with Gasteiger partial charge in [0.2, 0.25) is 0 Å². The SMILES string of the molecule is COC(=O)[C@@H]([C@@H](Nc1cccnc1)C(=O)c1ccccc1)C(F)(F)F. The van der Waals surface area contributed by atoms with Crippen LogP contribution >= 0.6 is 0 Å². The van der Waals surface area contributed by atoms with Crippen molar-refractivity contribution in [3.63, 3.8) is 0 Å². The van der Waals surface area contributed by atoms with Crippen LogP contribution < -0.4 is 5.32 Å². The van der Waals surface area contributed by atoms with Crippen molar-refractivity contribution in [2.24, 2.45) is 5.92 Å². The maximum Gasteiger partial charge on any atom is 0.404 e. The highest BCUT2D eigenvalue weighted by Gasteiger charge is 2.53. The Balaban J connectivity index is 2.46. The maximum absolute atomic E-state index is 13.5. The van der Waals surface area contributed by atoms with E-state index in [2.05, 4.69) is 15.0 Å². The number of Topliss-reactive ketones (excluding diaryl/α,β-unsaturated/α-hetero) is 1. The molecule has 0 spiro atoms. The summed E-state index contributed by atoms with van der Waals surface area (Å²) in [5.41, 5.74) is 0.219. The topological polar surface area (TPSA) is 68.3 Å². The number of nitrogens with one attached hydrogen (secondary N) is 1. The third-order valence-electron chi connectivity index (χ3n) is 3.47. The molecule has 0 fully saturated rings. The number of esters is 1. The zero-order valence-electron chi connectivity index (χ0n) is 13.2. The highest BCUT2D eigenvalue weighted by Crippen LogP contribution is 2.33. The van der Waals surface area contributed by atoms with E-state index in [4.69, 9.17) is 0 Å². The molecule has 5 nitrogen and oxygen atoms in total. The first-order chi connectivity index (χ1) is 11.8. The fraction of sp³-hybridized carbons (Fsp3) is 0.235. The van der Waals surface area contributed by atoms with Crippen molar-refractivity contribution in [2.75, 3.05) is 12.4 Å². The number of alkyl halides is 3. The average Bonchev–Trinajstić information content (AvgIpc) is 2.61. The molecule has 0 radical (unpaired) electrons. The summed E-state index contributed by atoms with van der Waals surface area (Å²) >= 11 is 0. The summed E-state index contributed by atoms with van der Waals surface area (Å²) in [6.07, 6.45) is -2.28. The Morgan fingerprint density at radius 2 is 1.80 bits per heavy atom. The summed E-state index contributed by atoms with van der Waals surface area (Å²) in [4.78, 5) is 28.2. The van der Waals surface area contributed by atoms with Crippen LogP contribution in [-0.4, -0.2) is 36.1 Å². The van der Waals surface area contributed by atoms with Gasteiger partial charge < -0.3 is 10.1 Å². The van der Waals surface area contributed by atoms with Crippen molar-refractivity contribution >= 4 is 17.4 Å². The van der Waals surface area contributed by atoms with Crippen LogP contribution in [0.25, 0.3) is 0 Å². The molecule has 1 aromatic heterocycles. The molecule has 1 heterocycles. The number of hydrogen-bond donors (Lipinski definition) is 1. The van der Waals surface area contributed by atoms with Gasteiger partial charge in [0.05, 0.1) is 12.8 Å². The molecular formula is C17H15F3N2O3. The van der Waals surface area contributed by atoms with Gasteiger partial charge in [-0.2, -0.15) is 13.2 Å². The second-order valence-corrected chi connectivity index (χ2v) is 5.14. The molecule has 0 saturated heterocycles. The highest BCUT2D eigenvalue weighted by molar-refractivity contribution is 6.04. The Hall–Kier alpha value is -2.90. The van der Waals surface area contributed by atoms with Gasteiger partial charge in [0.1, 0.15) is 6.04 Å². The number of nitrogens with zero attached hydrogens (tertiary/aromatic N) is 1. The molecule has 1 N–H and O–H groups in total. The van der Waals surface area contributed by atoms with Gasteiger partial charge in [-0.1, -0.05) is 30.3 Å². The lowest BCUT2D eigenvalue weighted by molar-refractivity contribution is -0.196. The number of carbonyl (C=O) groups is 2. The zero-order chi connectivity index (χ0) is 18.4. The van der Waals surface area contributed by atoms with Crippen LogP contribution in [0, 0.1) is 5.92 Å². The summed E-state index contributed by atoms with van der Waals surface area (Å²) in [6, 6.07) is 8.48. The smallest absolute Gasteiger partial charge is 0.404 e. The van der Waals surface area contributed by atoms with Gasteiger partial charge in [-0.25, -0.2) is 0 Å². The number of rotatable bonds is 6. The fourth-order valence-electron chi connectivity index (χ4n) is 2.30. The first kappa shape index (κ1) is 18.4. The van der Waals surface area contributed by atoms with E-state index >= 15 is 0 Å². The predicted molar refractivity (Wildman–Crippen MR) is 84.0 cm³/mol. The lowest BCUT2D eigenvalue weighted by Gasteiger charge is -2.27. The summed E-state index contributed by atoms with van der Waals surface area (Å²) in [7, 11) is 0.842. The van der Waals surface area contributed by atoms with Crippen LogP contribution in [0.1, 0.15) is 10.4 Å². The number of ketones is 1. The quantitative estimate of drug-likeness (QED) is 0.639. The lowest BCUT2D eigenvalue weighted by Crippen LogP contribution is -2.49. The molecule has 1 aromatic carbocycles. The van der Waals surface area contributed by atoms with Gasteiger partial charge in [0.15, 0.2) is 11.7 Å². The molecule has 2 aromatic rings. The summed E-state index contributed by atoms with van der Waals surface area (Å²) in [5.74, 6) is -5.08. The van der Waals surface area contributed by atoms with Crippen LogP contribution in [-0.2, 0) is 9.53 Å². The molecule has 0 bridgehead atoms. The molecule has 0 aliphatic heterocycles. The molecule has 0 aliphatic rings. The van der Waals surface area contributed by atoms with E-state index in [1.54, 1.807) is 6.07 Å². The molecule has 8 heteroatoms. The lowest BCUT2D eigenvalue weighted by atomic mass is 9.91. The van der Waals surface area contributed by atoms with Gasteiger partial charge in [0.25, 0.3) is 0 Å². The van der Waals surface area contributed by atoms with E-state index in [0.29, 0.717) is 0 Å². The molecule has 2 rings (SSSR count). The Kier molecular flexibility index (Phi) is 5.74. The Bertz CT molecular complexity index is 721. The van der Waals surface area contributed by atoms with Crippen molar-refractivity contribution in [2.45, 2.75) is 12.2 Å². The average molecular weight is 352 g/mol. The summed E-state index contributed by atoms with van der Waals surface area (Å²) in [5, 5.41) is 2.47. The van der Waals surface area contributed by atoms with E-state index in [-0.39, 0.29) is 11.3 Å². The van der Waals surface area contributed by atoms with Crippen molar-refractivity contribution in [1.29, 1.82) is 0 Å². The minimum atomic E-state index is -4.97. The maximum atomic E-state index is 13.5. The molecule has 2 atom stereocenters. The predicted octanol–water partition coefficient (Wildman–Crippen LogP) is 3.10. The van der Waals surface area contributed by atoms with E-state index in [9.17, 15) is 22.8 Å². The standard InChI is InChI=1S/C17H15F3N2O3/c1-25-16(24)13(17(18,19)20)14(22-12-8-5-9-21-10-12)15(23)11-6-3-2-4-7-11/h2-10,13-14,22H,1H3/t13-,14-/m1/s1. The summed E-state index contributed by atoms with van der Waals surface area (Å²) < 4.78 is 44.7. The van der Waals surface area contributed by atoms with Gasteiger partial charge in [-0.05, 0) is 12.1 Å². The van der Waals surface area contributed by atoms with E-state index < -0.39 is 29.9 Å². The normalized spacial score (nSPS) is 13.6. The minimum absolute atomic E-state index is 0.0436. The third-order valence-corrected chi connectivity index (χ3v) is 3.47. The number of pyridine rings is 1. The van der Waals surface area contributed by atoms with Gasteiger partial charge in [-0.15, -0.1) is 0 Å². The van der Waals surface area contributed by atoms with Crippen molar-refractivity contribution in [1.82, 2.24) is 4.98 Å². The van der Waals surface area contributed by atoms with Gasteiger partial charge >= 0.3 is 12.1 Å². The van der Waals surface area contributed by atoms with Crippen molar-refractivity contribution < 1.29 is 27.5 Å². The van der Waals surface area contributed by atoms with Crippen LogP contribution in [0.3, 0.4) is 0 Å². The molecule has 0 saturated carbocycles. The monoisotopic (exact) mass is 352 g/mol. The summed E-state index contributed by atoms with van der Waals surface area (Å²) in [6.45, 7) is 0. The van der Waals surface area contributed by atoms with Crippen LogP contribution in [0.2, 0.25) is 0 Å². The van der Waals surface area contributed by atoms with Crippen LogP contribution in [0.4, 0.5) is 18.9 Å². The first-order valence-electron chi connectivity index (χ1n) is 7.25. The minimum Gasteiger partial charge on any atom is -0.468 e. The van der Waals surface area contributed by atoms with Crippen molar-refractivity contribution in [3.05, 3.63) is 60.4 Å². The molecule has 0 amide bonds. The third kappa shape index (κ3) is 4.56. The molecule has 132 valence electrons. The Labute approximate surface area is 141 Å². The number of carbonyl (C=O) groups excluding carboxylic acids is 2. The van der Waals surface area contributed by atoms with Crippen LogP contribution in [0.15, 0.2) is 54.9 Å². The molecule has 0 unspecified atom stereocenters. The fourth-order valence-corrected chi connectivity index (χ4v) is 2.30. The highest BCUT2D eigenvalue weighted by atomic mass is 19.4. The van der Waals surface area contributed by atoms with E-state index in [0.717, 1.165) is 7.11 Å². The number of anilines is 1. The number of aromatic nitrogens is 1. The molecule has 0 aliphatic carbocycles. The number of methoxy groups -OCH3 is 1. The van der Waals surface area contributed by atoms with E-state index in [1.165, 1.54) is 48.8 Å². The Morgan fingerprint density at radius 1 is 1.12 bits per heavy atom. The van der Waals surface area contributed by atoms with E-state index in [1.807, 2.05) is 0 Å². The molecular weight excluding hydrogens is 337 g/mol. The van der Waals surface area contributed by atoms with Crippen molar-refractivity contribution in [3.8, 4) is 0 Å².